The molecule has 0 bridgehead atoms. The monoisotopic (exact) mass is 297 g/mol. The minimum Gasteiger partial charge on any atom is -0.379 e. The molecule has 1 aromatic heterocycles. The van der Waals surface area contributed by atoms with E-state index in [0.717, 1.165) is 57.2 Å². The molecule has 0 spiro atoms. The summed E-state index contributed by atoms with van der Waals surface area (Å²) in [5.74, 6) is 0.0305. The average Bonchev–Trinajstić information content (AvgIpc) is 2.93. The van der Waals surface area contributed by atoms with Gasteiger partial charge in [-0.25, -0.2) is 4.98 Å². The van der Waals surface area contributed by atoms with E-state index in [0.29, 0.717) is 5.69 Å². The molecule has 1 aromatic rings. The van der Waals surface area contributed by atoms with Crippen molar-refractivity contribution in [2.24, 2.45) is 0 Å². The molecule has 1 aliphatic heterocycles. The van der Waals surface area contributed by atoms with E-state index in [1.54, 1.807) is 16.2 Å². The Morgan fingerprint density at radius 3 is 2.95 bits per heavy atom. The summed E-state index contributed by atoms with van der Waals surface area (Å²) in [6, 6.07) is 0. The summed E-state index contributed by atoms with van der Waals surface area (Å²) in [5.41, 5.74) is 0.580. The molecule has 1 amide bonds. The highest BCUT2D eigenvalue weighted by Gasteiger charge is 2.17. The number of carbonyl (C=O) groups is 1. The number of unbranched alkanes of at least 4 members (excludes halogenated alkanes) is 1. The van der Waals surface area contributed by atoms with E-state index in [1.165, 1.54) is 0 Å². The Hall–Kier alpha value is -0.980. The number of ether oxygens (including phenoxy) is 1. The van der Waals surface area contributed by atoms with Crippen LogP contribution in [0.1, 0.15) is 35.3 Å². The van der Waals surface area contributed by atoms with E-state index < -0.39 is 0 Å². The highest BCUT2D eigenvalue weighted by molar-refractivity contribution is 7.09. The summed E-state index contributed by atoms with van der Waals surface area (Å²) in [5, 5.41) is 2.89. The quantitative estimate of drug-likeness (QED) is 0.804. The van der Waals surface area contributed by atoms with Crippen LogP contribution < -0.4 is 0 Å². The molecule has 0 radical (unpaired) electrons. The number of hydrogen-bond donors (Lipinski definition) is 0. The van der Waals surface area contributed by atoms with Gasteiger partial charge in [0.2, 0.25) is 0 Å². The molecule has 1 saturated heterocycles. The van der Waals surface area contributed by atoms with Gasteiger partial charge in [0.15, 0.2) is 0 Å². The van der Waals surface area contributed by atoms with Crippen molar-refractivity contribution in [2.75, 3.05) is 39.9 Å². The van der Waals surface area contributed by atoms with Gasteiger partial charge < -0.3 is 9.64 Å². The first-order chi connectivity index (χ1) is 9.70. The van der Waals surface area contributed by atoms with Gasteiger partial charge in [0, 0.05) is 32.1 Å². The first-order valence-corrected chi connectivity index (χ1v) is 8.08. The Balaban J connectivity index is 1.88. The predicted octanol–water partition coefficient (Wildman–Crippen LogP) is 1.85. The van der Waals surface area contributed by atoms with Gasteiger partial charge in [-0.1, -0.05) is 13.3 Å². The van der Waals surface area contributed by atoms with Crippen molar-refractivity contribution < 1.29 is 9.53 Å². The second-order valence-corrected chi connectivity index (χ2v) is 6.04. The van der Waals surface area contributed by atoms with Crippen molar-refractivity contribution in [3.8, 4) is 0 Å². The lowest BCUT2D eigenvalue weighted by molar-refractivity contribution is 0.0341. The first-order valence-electron chi connectivity index (χ1n) is 7.20. The standard InChI is InChI=1S/C14H23N3O2S/c1-3-4-5-16(2)14(18)12-11-20-13(15-12)10-17-6-8-19-9-7-17/h11H,3-10H2,1-2H3. The van der Waals surface area contributed by atoms with Crippen molar-refractivity contribution in [3.05, 3.63) is 16.1 Å². The van der Waals surface area contributed by atoms with Crippen LogP contribution in [0, 0.1) is 0 Å². The molecule has 6 heteroatoms. The third-order valence-electron chi connectivity index (χ3n) is 3.43. The van der Waals surface area contributed by atoms with E-state index in [-0.39, 0.29) is 5.91 Å². The molecule has 0 N–H and O–H groups in total. The molecular formula is C14H23N3O2S. The third kappa shape index (κ3) is 4.26. The average molecular weight is 297 g/mol. The number of morpholine rings is 1. The van der Waals surface area contributed by atoms with E-state index >= 15 is 0 Å². The van der Waals surface area contributed by atoms with Crippen LogP contribution in [-0.2, 0) is 11.3 Å². The molecule has 0 atom stereocenters. The Kier molecular flexibility index (Phi) is 5.94. The first kappa shape index (κ1) is 15.4. The normalized spacial score (nSPS) is 16.3. The number of rotatable bonds is 6. The van der Waals surface area contributed by atoms with Gasteiger partial charge in [0.05, 0.1) is 19.8 Å². The van der Waals surface area contributed by atoms with Crippen LogP contribution >= 0.6 is 11.3 Å². The zero-order valence-electron chi connectivity index (χ0n) is 12.3. The number of thiazole rings is 1. The van der Waals surface area contributed by atoms with Gasteiger partial charge in [-0.05, 0) is 6.42 Å². The maximum atomic E-state index is 12.2. The van der Waals surface area contributed by atoms with Crippen LogP contribution in [0.2, 0.25) is 0 Å². The van der Waals surface area contributed by atoms with Crippen LogP contribution in [-0.4, -0.2) is 60.6 Å². The second kappa shape index (κ2) is 7.71. The molecule has 112 valence electrons. The fraction of sp³-hybridized carbons (Fsp3) is 0.714. The summed E-state index contributed by atoms with van der Waals surface area (Å²) in [6.45, 7) is 7.21. The van der Waals surface area contributed by atoms with Crippen LogP contribution in [0.15, 0.2) is 5.38 Å². The van der Waals surface area contributed by atoms with E-state index in [2.05, 4.69) is 16.8 Å². The minimum atomic E-state index is 0.0305. The number of hydrogen-bond acceptors (Lipinski definition) is 5. The Morgan fingerprint density at radius 2 is 2.25 bits per heavy atom. The molecule has 2 rings (SSSR count). The molecular weight excluding hydrogens is 274 g/mol. The highest BCUT2D eigenvalue weighted by atomic mass is 32.1. The molecule has 1 aliphatic rings. The van der Waals surface area contributed by atoms with Crippen molar-refractivity contribution in [3.63, 3.8) is 0 Å². The second-order valence-electron chi connectivity index (χ2n) is 5.10. The van der Waals surface area contributed by atoms with Gasteiger partial charge in [0.25, 0.3) is 5.91 Å². The molecule has 1 fully saturated rings. The molecule has 2 heterocycles. The summed E-state index contributed by atoms with van der Waals surface area (Å²) in [7, 11) is 1.85. The number of amides is 1. The van der Waals surface area contributed by atoms with Crippen LogP contribution in [0.25, 0.3) is 0 Å². The summed E-state index contributed by atoms with van der Waals surface area (Å²) in [6.07, 6.45) is 2.13. The van der Waals surface area contributed by atoms with Crippen molar-refractivity contribution in [1.29, 1.82) is 0 Å². The minimum absolute atomic E-state index is 0.0305. The molecule has 0 aliphatic carbocycles. The molecule has 0 saturated carbocycles. The van der Waals surface area contributed by atoms with E-state index in [4.69, 9.17) is 4.74 Å². The van der Waals surface area contributed by atoms with Crippen LogP contribution in [0.4, 0.5) is 0 Å². The number of nitrogens with zero attached hydrogens (tertiary/aromatic N) is 3. The van der Waals surface area contributed by atoms with Gasteiger partial charge >= 0.3 is 0 Å². The maximum Gasteiger partial charge on any atom is 0.273 e. The Morgan fingerprint density at radius 1 is 1.50 bits per heavy atom. The SMILES string of the molecule is CCCCN(C)C(=O)c1csc(CN2CCOCC2)n1. The van der Waals surface area contributed by atoms with Crippen molar-refractivity contribution in [2.45, 2.75) is 26.3 Å². The van der Waals surface area contributed by atoms with E-state index in [9.17, 15) is 4.79 Å². The lowest BCUT2D eigenvalue weighted by atomic mass is 10.3. The number of aromatic nitrogens is 1. The summed E-state index contributed by atoms with van der Waals surface area (Å²) >= 11 is 1.57. The maximum absolute atomic E-state index is 12.2. The highest BCUT2D eigenvalue weighted by Crippen LogP contribution is 2.14. The van der Waals surface area contributed by atoms with Crippen LogP contribution in [0.5, 0.6) is 0 Å². The molecule has 20 heavy (non-hydrogen) atoms. The fourth-order valence-electron chi connectivity index (χ4n) is 2.12. The summed E-state index contributed by atoms with van der Waals surface area (Å²) in [4.78, 5) is 20.7. The topological polar surface area (TPSA) is 45.7 Å². The largest absolute Gasteiger partial charge is 0.379 e. The van der Waals surface area contributed by atoms with Crippen molar-refractivity contribution in [1.82, 2.24) is 14.8 Å². The zero-order chi connectivity index (χ0) is 14.4. The van der Waals surface area contributed by atoms with Gasteiger partial charge in [-0.15, -0.1) is 11.3 Å². The van der Waals surface area contributed by atoms with Gasteiger partial charge in [-0.2, -0.15) is 0 Å². The molecule has 0 aromatic carbocycles. The number of carbonyl (C=O) groups excluding carboxylic acids is 1. The lowest BCUT2D eigenvalue weighted by Crippen LogP contribution is -2.35. The zero-order valence-corrected chi connectivity index (χ0v) is 13.1. The third-order valence-corrected chi connectivity index (χ3v) is 4.26. The summed E-state index contributed by atoms with van der Waals surface area (Å²) < 4.78 is 5.33. The molecule has 5 nitrogen and oxygen atoms in total. The smallest absolute Gasteiger partial charge is 0.273 e. The van der Waals surface area contributed by atoms with Gasteiger partial charge in [0.1, 0.15) is 10.7 Å². The van der Waals surface area contributed by atoms with Gasteiger partial charge in [-0.3, -0.25) is 9.69 Å². The van der Waals surface area contributed by atoms with Crippen molar-refractivity contribution >= 4 is 17.2 Å². The Labute approximate surface area is 124 Å². The lowest BCUT2D eigenvalue weighted by Gasteiger charge is -2.25. The Bertz CT molecular complexity index is 430. The van der Waals surface area contributed by atoms with E-state index in [1.807, 2.05) is 12.4 Å². The van der Waals surface area contributed by atoms with Crippen LogP contribution in [0.3, 0.4) is 0 Å². The molecule has 0 unspecified atom stereocenters. The predicted molar refractivity (Wildman–Crippen MR) is 80.1 cm³/mol. The fourth-order valence-corrected chi connectivity index (χ4v) is 2.93.